The quantitative estimate of drug-likeness (QED) is 0.543. The number of piperazine rings is 1. The highest BCUT2D eigenvalue weighted by Crippen LogP contribution is 2.56. The minimum atomic E-state index is -0.464. The normalized spacial score (nSPS) is 23.2. The molecule has 1 aliphatic heterocycles. The number of carbonyl (C=O) groups is 1. The zero-order valence-corrected chi connectivity index (χ0v) is 17.6. The van der Waals surface area contributed by atoms with Crippen LogP contribution in [0.5, 0.6) is 11.8 Å². The molecular formula is C23H28N4O4. The van der Waals surface area contributed by atoms with Gasteiger partial charge in [-0.05, 0) is 18.6 Å². The van der Waals surface area contributed by atoms with Crippen LogP contribution in [0.1, 0.15) is 36.3 Å². The van der Waals surface area contributed by atoms with Gasteiger partial charge in [-0.1, -0.05) is 18.2 Å². The average molecular weight is 425 g/mol. The molecule has 0 amide bonds. The van der Waals surface area contributed by atoms with Gasteiger partial charge in [-0.2, -0.15) is 0 Å². The number of fused-ring (bicyclic) bond motifs is 5. The Morgan fingerprint density at radius 3 is 2.35 bits per heavy atom. The Hall–Kier alpha value is -3.00. The van der Waals surface area contributed by atoms with E-state index in [-0.39, 0.29) is 36.1 Å². The number of aromatic hydroxyl groups is 2. The number of allylic oxidation sites excluding steroid dienone is 2. The summed E-state index contributed by atoms with van der Waals surface area (Å²) in [6.07, 6.45) is 6.45. The Balaban J connectivity index is 1.27. The first-order valence-corrected chi connectivity index (χ1v) is 10.9. The second kappa shape index (κ2) is 7.92. The summed E-state index contributed by atoms with van der Waals surface area (Å²) in [4.78, 5) is 20.7. The minimum absolute atomic E-state index is 0.0986. The van der Waals surface area contributed by atoms with Gasteiger partial charge in [0.25, 0.3) is 0 Å². The predicted molar refractivity (Wildman–Crippen MR) is 115 cm³/mol. The van der Waals surface area contributed by atoms with Crippen molar-refractivity contribution in [3.05, 3.63) is 47.7 Å². The maximum atomic E-state index is 11.7. The Kier molecular flexibility index (Phi) is 5.09. The molecular weight excluding hydrogens is 396 g/mol. The molecule has 0 aromatic carbocycles. The third kappa shape index (κ3) is 3.65. The van der Waals surface area contributed by atoms with E-state index >= 15 is 0 Å². The van der Waals surface area contributed by atoms with E-state index in [9.17, 15) is 15.0 Å². The van der Waals surface area contributed by atoms with Gasteiger partial charge in [-0.3, -0.25) is 14.3 Å². The first kappa shape index (κ1) is 19.9. The van der Waals surface area contributed by atoms with Crippen molar-refractivity contribution < 1.29 is 19.7 Å². The van der Waals surface area contributed by atoms with Gasteiger partial charge in [0.1, 0.15) is 11.9 Å². The third-order valence-electron chi connectivity index (χ3n) is 6.63. The monoisotopic (exact) mass is 424 g/mol. The molecule has 2 aromatic rings. The zero-order valence-electron chi connectivity index (χ0n) is 17.6. The van der Waals surface area contributed by atoms with Crippen LogP contribution in [-0.2, 0) is 16.1 Å². The van der Waals surface area contributed by atoms with Crippen molar-refractivity contribution in [2.24, 2.45) is 0 Å². The molecule has 8 heteroatoms. The van der Waals surface area contributed by atoms with Crippen molar-refractivity contribution in [2.45, 2.75) is 37.8 Å². The van der Waals surface area contributed by atoms with Crippen molar-refractivity contribution in [3.8, 4) is 11.8 Å². The van der Waals surface area contributed by atoms with E-state index in [1.54, 1.807) is 6.20 Å². The van der Waals surface area contributed by atoms with Crippen LogP contribution >= 0.6 is 0 Å². The molecule has 164 valence electrons. The summed E-state index contributed by atoms with van der Waals surface area (Å²) < 4.78 is 7.09. The van der Waals surface area contributed by atoms with E-state index < -0.39 is 6.10 Å². The topological polar surface area (TPSA) is 91.1 Å². The van der Waals surface area contributed by atoms with Gasteiger partial charge in [0.05, 0.1) is 6.54 Å². The molecule has 3 atom stereocenters. The molecule has 3 heterocycles. The van der Waals surface area contributed by atoms with Crippen molar-refractivity contribution in [1.29, 1.82) is 0 Å². The lowest BCUT2D eigenvalue weighted by Crippen LogP contribution is -2.49. The summed E-state index contributed by atoms with van der Waals surface area (Å²) in [6, 6.07) is 5.91. The maximum absolute atomic E-state index is 11.7. The van der Waals surface area contributed by atoms with E-state index in [4.69, 9.17) is 4.74 Å². The molecule has 1 saturated heterocycles. The van der Waals surface area contributed by atoms with Crippen LogP contribution in [0.15, 0.2) is 36.5 Å². The predicted octanol–water partition coefficient (Wildman–Crippen LogP) is 2.19. The summed E-state index contributed by atoms with van der Waals surface area (Å²) in [5.74, 6) is 1.14. The number of rotatable bonds is 6. The number of esters is 1. The number of pyridine rings is 1. The van der Waals surface area contributed by atoms with Crippen LogP contribution < -0.4 is 4.90 Å². The summed E-state index contributed by atoms with van der Waals surface area (Å²) in [6.45, 7) is 5.49. The van der Waals surface area contributed by atoms with Crippen LogP contribution in [0, 0.1) is 0 Å². The fourth-order valence-corrected chi connectivity index (χ4v) is 5.22. The third-order valence-corrected chi connectivity index (χ3v) is 6.63. The molecule has 0 spiro atoms. The lowest BCUT2D eigenvalue weighted by molar-refractivity contribution is -0.148. The molecule has 2 bridgehead atoms. The molecule has 31 heavy (non-hydrogen) atoms. The van der Waals surface area contributed by atoms with Gasteiger partial charge >= 0.3 is 5.97 Å². The van der Waals surface area contributed by atoms with Crippen LogP contribution in [0.2, 0.25) is 0 Å². The number of ether oxygens (including phenoxy) is 1. The summed E-state index contributed by atoms with van der Waals surface area (Å²) in [7, 11) is 0. The zero-order chi connectivity index (χ0) is 21.5. The molecule has 0 saturated carbocycles. The molecule has 2 unspecified atom stereocenters. The van der Waals surface area contributed by atoms with Gasteiger partial charge < -0.3 is 19.8 Å². The molecule has 2 aromatic heterocycles. The fourth-order valence-electron chi connectivity index (χ4n) is 5.22. The van der Waals surface area contributed by atoms with E-state index in [0.29, 0.717) is 6.54 Å². The lowest BCUT2D eigenvalue weighted by atomic mass is 10.0. The van der Waals surface area contributed by atoms with Crippen LogP contribution in [0.4, 0.5) is 5.82 Å². The van der Waals surface area contributed by atoms with Gasteiger partial charge in [0.15, 0.2) is 11.8 Å². The number of hydrogen-bond acceptors (Lipinski definition) is 7. The average Bonchev–Trinajstić information content (AvgIpc) is 3.45. The molecule has 8 nitrogen and oxygen atoms in total. The van der Waals surface area contributed by atoms with Gasteiger partial charge in [0.2, 0.25) is 0 Å². The Morgan fingerprint density at radius 1 is 1.10 bits per heavy atom. The van der Waals surface area contributed by atoms with Gasteiger partial charge in [-0.25, -0.2) is 4.98 Å². The fraction of sp³-hybridized carbons (Fsp3) is 0.478. The highest BCUT2D eigenvalue weighted by molar-refractivity contribution is 5.66. The highest BCUT2D eigenvalue weighted by atomic mass is 16.5. The standard InChI is InChI=1S/C23H28N4O4/c1-15(28)31-18(13-25-8-10-26(11-9-25)19-4-2-3-7-24-19)14-27-22(29)20-16-5-6-17(12-16)21(20)23(27)30/h2-7,16-18,29-30H,8-14H2,1H3/t16-,17?,18?/m0/s1. The largest absolute Gasteiger partial charge is 0.494 e. The number of carbonyl (C=O) groups excluding carboxylic acids is 1. The lowest BCUT2D eigenvalue weighted by Gasteiger charge is -2.36. The number of anilines is 1. The van der Waals surface area contributed by atoms with Crippen molar-refractivity contribution in [1.82, 2.24) is 14.5 Å². The van der Waals surface area contributed by atoms with E-state index in [2.05, 4.69) is 26.9 Å². The Morgan fingerprint density at radius 2 is 1.77 bits per heavy atom. The minimum Gasteiger partial charge on any atom is -0.494 e. The van der Waals surface area contributed by atoms with Crippen LogP contribution in [0.25, 0.3) is 0 Å². The number of hydrogen-bond donors (Lipinski definition) is 2. The molecule has 1 fully saturated rings. The van der Waals surface area contributed by atoms with Crippen molar-refractivity contribution >= 4 is 11.8 Å². The van der Waals surface area contributed by atoms with Gasteiger partial charge in [-0.15, -0.1) is 0 Å². The SMILES string of the molecule is CC(=O)OC(CN1CCN(c2ccccn2)CC1)Cn1c(O)c2c(c1O)[C@H]1C=CC2C1. The smallest absolute Gasteiger partial charge is 0.303 e. The number of nitrogens with zero attached hydrogens (tertiary/aromatic N) is 4. The molecule has 5 rings (SSSR count). The van der Waals surface area contributed by atoms with Crippen LogP contribution in [0.3, 0.4) is 0 Å². The summed E-state index contributed by atoms with van der Waals surface area (Å²) >= 11 is 0. The van der Waals surface area contributed by atoms with Crippen molar-refractivity contribution in [3.63, 3.8) is 0 Å². The van der Waals surface area contributed by atoms with E-state index in [0.717, 1.165) is 49.5 Å². The van der Waals surface area contributed by atoms with E-state index in [1.807, 2.05) is 18.2 Å². The molecule has 3 aliphatic rings. The highest BCUT2D eigenvalue weighted by Gasteiger charge is 2.41. The molecule has 0 radical (unpaired) electrons. The summed E-state index contributed by atoms with van der Waals surface area (Å²) in [5.41, 5.74) is 1.66. The number of aromatic nitrogens is 2. The van der Waals surface area contributed by atoms with Crippen molar-refractivity contribution in [2.75, 3.05) is 37.6 Å². The Bertz CT molecular complexity index is 959. The molecule has 2 N–H and O–H groups in total. The second-order valence-electron chi connectivity index (χ2n) is 8.63. The van der Waals surface area contributed by atoms with Crippen LogP contribution in [-0.4, -0.2) is 69.5 Å². The first-order chi connectivity index (χ1) is 15.0. The maximum Gasteiger partial charge on any atom is 0.303 e. The second-order valence-corrected chi connectivity index (χ2v) is 8.63. The Labute approximate surface area is 181 Å². The van der Waals surface area contributed by atoms with E-state index in [1.165, 1.54) is 11.5 Å². The first-order valence-electron chi connectivity index (χ1n) is 10.9. The summed E-state index contributed by atoms with van der Waals surface area (Å²) in [5, 5.41) is 21.6. The van der Waals surface area contributed by atoms with Gasteiger partial charge in [0, 0.05) is 68.8 Å². The molecule has 2 aliphatic carbocycles.